The van der Waals surface area contributed by atoms with Gasteiger partial charge in [0.15, 0.2) is 0 Å². The summed E-state index contributed by atoms with van der Waals surface area (Å²) in [5.41, 5.74) is 1.06. The molecule has 0 saturated carbocycles. The maximum atomic E-state index is 4.13. The summed E-state index contributed by atoms with van der Waals surface area (Å²) in [6.45, 7) is 4.31. The molecule has 1 aromatic rings. The van der Waals surface area contributed by atoms with E-state index >= 15 is 0 Å². The van der Waals surface area contributed by atoms with Gasteiger partial charge in [-0.15, -0.1) is 5.10 Å². The van der Waals surface area contributed by atoms with E-state index in [1.807, 2.05) is 13.2 Å². The molecule has 15 heavy (non-hydrogen) atoms. The quantitative estimate of drug-likeness (QED) is 0.767. The molecule has 0 aromatic carbocycles. The van der Waals surface area contributed by atoms with Gasteiger partial charge in [-0.05, 0) is 19.8 Å². The Kier molecular flexibility index (Phi) is 3.41. The number of piperidine rings is 1. The van der Waals surface area contributed by atoms with Gasteiger partial charge in [-0.1, -0.05) is 21.1 Å². The highest BCUT2D eigenvalue weighted by molar-refractivity contribution is 9.09. The molecule has 5 heteroatoms. The third-order valence-corrected chi connectivity index (χ3v) is 3.72. The van der Waals surface area contributed by atoms with Crippen molar-refractivity contribution in [2.45, 2.75) is 37.2 Å². The van der Waals surface area contributed by atoms with Crippen LogP contribution in [0.5, 0.6) is 0 Å². The van der Waals surface area contributed by atoms with Crippen LogP contribution in [0.2, 0.25) is 0 Å². The van der Waals surface area contributed by atoms with Gasteiger partial charge in [0, 0.05) is 37.2 Å². The van der Waals surface area contributed by atoms with E-state index in [0.717, 1.165) is 18.8 Å². The SMILES string of the molecule is CC1CCC(Br)CN1Cc1cn(C)nn1. The lowest BCUT2D eigenvalue weighted by molar-refractivity contribution is 0.156. The van der Waals surface area contributed by atoms with Gasteiger partial charge in [-0.3, -0.25) is 9.58 Å². The first-order valence-corrected chi connectivity index (χ1v) is 6.30. The van der Waals surface area contributed by atoms with Gasteiger partial charge in [0.25, 0.3) is 0 Å². The Labute approximate surface area is 98.8 Å². The first-order chi connectivity index (χ1) is 7.15. The summed E-state index contributed by atoms with van der Waals surface area (Å²) in [7, 11) is 1.91. The number of aryl methyl sites for hydroxylation is 1. The van der Waals surface area contributed by atoms with Gasteiger partial charge < -0.3 is 0 Å². The minimum absolute atomic E-state index is 0.630. The highest BCUT2D eigenvalue weighted by Gasteiger charge is 2.24. The predicted molar refractivity (Wildman–Crippen MR) is 62.8 cm³/mol. The number of aromatic nitrogens is 3. The van der Waals surface area contributed by atoms with Crippen LogP contribution < -0.4 is 0 Å². The monoisotopic (exact) mass is 272 g/mol. The second kappa shape index (κ2) is 4.61. The highest BCUT2D eigenvalue weighted by Crippen LogP contribution is 2.23. The molecule has 0 aliphatic carbocycles. The highest BCUT2D eigenvalue weighted by atomic mass is 79.9. The van der Waals surface area contributed by atoms with Crippen molar-refractivity contribution in [2.75, 3.05) is 6.54 Å². The lowest BCUT2D eigenvalue weighted by Gasteiger charge is -2.35. The van der Waals surface area contributed by atoms with E-state index in [9.17, 15) is 0 Å². The van der Waals surface area contributed by atoms with Crippen LogP contribution in [0.15, 0.2) is 6.20 Å². The summed E-state index contributed by atoms with van der Waals surface area (Å²) in [6.07, 6.45) is 4.53. The van der Waals surface area contributed by atoms with Crippen LogP contribution in [0.1, 0.15) is 25.5 Å². The van der Waals surface area contributed by atoms with E-state index in [0.29, 0.717) is 10.9 Å². The van der Waals surface area contributed by atoms with Gasteiger partial charge >= 0.3 is 0 Å². The third kappa shape index (κ3) is 2.78. The average molecular weight is 273 g/mol. The minimum atomic E-state index is 0.630. The molecule has 1 aliphatic rings. The Morgan fingerprint density at radius 3 is 3.00 bits per heavy atom. The van der Waals surface area contributed by atoms with Crippen molar-refractivity contribution >= 4 is 15.9 Å². The number of hydrogen-bond donors (Lipinski definition) is 0. The fraction of sp³-hybridized carbons (Fsp3) is 0.800. The molecule has 4 nitrogen and oxygen atoms in total. The first-order valence-electron chi connectivity index (χ1n) is 5.38. The summed E-state index contributed by atoms with van der Waals surface area (Å²) in [6, 6.07) is 0.654. The summed E-state index contributed by atoms with van der Waals surface area (Å²) in [5, 5.41) is 8.08. The molecule has 0 radical (unpaired) electrons. The van der Waals surface area contributed by atoms with Crippen LogP contribution in [0.3, 0.4) is 0 Å². The van der Waals surface area contributed by atoms with Crippen molar-refractivity contribution in [3.8, 4) is 0 Å². The normalized spacial score (nSPS) is 28.2. The van der Waals surface area contributed by atoms with Gasteiger partial charge in [-0.2, -0.15) is 0 Å². The van der Waals surface area contributed by atoms with Crippen LogP contribution >= 0.6 is 15.9 Å². The molecule has 0 amide bonds. The Morgan fingerprint density at radius 1 is 1.53 bits per heavy atom. The van der Waals surface area contributed by atoms with E-state index in [1.54, 1.807) is 4.68 Å². The number of likely N-dealkylation sites (tertiary alicyclic amines) is 1. The standard InChI is InChI=1S/C10H17BrN4/c1-8-3-4-9(11)5-15(8)7-10-6-14(2)13-12-10/h6,8-9H,3-5,7H2,1-2H3. The van der Waals surface area contributed by atoms with Crippen molar-refractivity contribution in [1.29, 1.82) is 0 Å². The Balaban J connectivity index is 1.98. The van der Waals surface area contributed by atoms with Crippen LogP contribution in [0, 0.1) is 0 Å². The van der Waals surface area contributed by atoms with Crippen LogP contribution in [0.25, 0.3) is 0 Å². The molecule has 1 saturated heterocycles. The smallest absolute Gasteiger partial charge is 0.0967 e. The van der Waals surface area contributed by atoms with E-state index in [-0.39, 0.29) is 0 Å². The molecule has 0 N–H and O–H groups in total. The van der Waals surface area contributed by atoms with Crippen molar-refractivity contribution in [2.24, 2.45) is 7.05 Å². The Morgan fingerprint density at radius 2 is 2.33 bits per heavy atom. The second-order valence-electron chi connectivity index (χ2n) is 4.34. The number of halogens is 1. The Bertz CT molecular complexity index is 325. The molecule has 2 rings (SSSR count). The van der Waals surface area contributed by atoms with Crippen molar-refractivity contribution in [3.63, 3.8) is 0 Å². The fourth-order valence-electron chi connectivity index (χ4n) is 2.03. The zero-order valence-electron chi connectivity index (χ0n) is 9.23. The molecule has 0 bridgehead atoms. The van der Waals surface area contributed by atoms with Gasteiger partial charge in [0.05, 0.1) is 5.69 Å². The number of hydrogen-bond acceptors (Lipinski definition) is 3. The van der Waals surface area contributed by atoms with Crippen molar-refractivity contribution in [3.05, 3.63) is 11.9 Å². The molecule has 84 valence electrons. The summed E-state index contributed by atoms with van der Waals surface area (Å²) < 4.78 is 1.76. The summed E-state index contributed by atoms with van der Waals surface area (Å²) in [4.78, 5) is 3.10. The molecule has 1 fully saturated rings. The molecule has 2 unspecified atom stereocenters. The second-order valence-corrected chi connectivity index (χ2v) is 5.63. The van der Waals surface area contributed by atoms with Crippen LogP contribution in [-0.4, -0.2) is 37.3 Å². The number of alkyl halides is 1. The zero-order chi connectivity index (χ0) is 10.8. The van der Waals surface area contributed by atoms with E-state index in [4.69, 9.17) is 0 Å². The maximum absolute atomic E-state index is 4.13. The van der Waals surface area contributed by atoms with Crippen molar-refractivity contribution in [1.82, 2.24) is 19.9 Å². The molecule has 2 atom stereocenters. The number of rotatable bonds is 2. The Hall–Kier alpha value is -0.420. The fourth-order valence-corrected chi connectivity index (χ4v) is 2.66. The van der Waals surface area contributed by atoms with E-state index in [1.165, 1.54) is 12.8 Å². The average Bonchev–Trinajstić information content (AvgIpc) is 2.58. The summed E-state index contributed by atoms with van der Waals surface area (Å²) >= 11 is 3.69. The van der Waals surface area contributed by atoms with E-state index < -0.39 is 0 Å². The predicted octanol–water partition coefficient (Wildman–Crippen LogP) is 1.56. The molecular weight excluding hydrogens is 256 g/mol. The molecule has 0 spiro atoms. The van der Waals surface area contributed by atoms with Gasteiger partial charge in [-0.25, -0.2) is 0 Å². The minimum Gasteiger partial charge on any atom is -0.294 e. The molecular formula is C10H17BrN4. The molecule has 1 aliphatic heterocycles. The molecule has 2 heterocycles. The van der Waals surface area contributed by atoms with Crippen LogP contribution in [-0.2, 0) is 13.6 Å². The van der Waals surface area contributed by atoms with E-state index in [2.05, 4.69) is 38.1 Å². The zero-order valence-corrected chi connectivity index (χ0v) is 10.8. The van der Waals surface area contributed by atoms with Crippen LogP contribution in [0.4, 0.5) is 0 Å². The van der Waals surface area contributed by atoms with Gasteiger partial charge in [0.2, 0.25) is 0 Å². The van der Waals surface area contributed by atoms with Gasteiger partial charge in [0.1, 0.15) is 0 Å². The topological polar surface area (TPSA) is 34.0 Å². The third-order valence-electron chi connectivity index (χ3n) is 2.97. The largest absolute Gasteiger partial charge is 0.294 e. The lowest BCUT2D eigenvalue weighted by atomic mass is 10.0. The lowest BCUT2D eigenvalue weighted by Crippen LogP contribution is -2.41. The molecule has 1 aromatic heterocycles. The number of nitrogens with zero attached hydrogens (tertiary/aromatic N) is 4. The first kappa shape index (κ1) is 11.1. The maximum Gasteiger partial charge on any atom is 0.0967 e. The summed E-state index contributed by atoms with van der Waals surface area (Å²) in [5.74, 6) is 0. The van der Waals surface area contributed by atoms with Crippen molar-refractivity contribution < 1.29 is 0 Å².